The molecule has 0 aliphatic carbocycles. The van der Waals surface area contributed by atoms with Gasteiger partial charge in [0.05, 0.1) is 11.3 Å². The van der Waals surface area contributed by atoms with Crippen molar-refractivity contribution in [2.75, 3.05) is 18.9 Å². The molecule has 6 heteroatoms. The molecule has 110 valence electrons. The number of hydrogen-bond acceptors (Lipinski definition) is 3. The van der Waals surface area contributed by atoms with Crippen LogP contribution in [0.5, 0.6) is 0 Å². The van der Waals surface area contributed by atoms with Crippen molar-refractivity contribution in [1.82, 2.24) is 4.90 Å². The molecule has 0 aromatic heterocycles. The number of nitrogens with zero attached hydrogens (tertiary/aromatic N) is 1. The van der Waals surface area contributed by atoms with Gasteiger partial charge in [0.15, 0.2) is 0 Å². The van der Waals surface area contributed by atoms with Crippen LogP contribution in [0.25, 0.3) is 0 Å². The van der Waals surface area contributed by atoms with E-state index in [1.165, 1.54) is 24.0 Å². The first-order chi connectivity index (χ1) is 9.10. The molecule has 0 atom stereocenters. The predicted octanol–water partition coefficient (Wildman–Crippen LogP) is 1.63. The van der Waals surface area contributed by atoms with Crippen molar-refractivity contribution < 1.29 is 19.1 Å². The quantitative estimate of drug-likeness (QED) is 0.881. The first-order valence-corrected chi connectivity index (χ1v) is 6.15. The summed E-state index contributed by atoms with van der Waals surface area (Å²) in [6.45, 7) is 4.57. The molecule has 0 bridgehead atoms. The van der Waals surface area contributed by atoms with Gasteiger partial charge in [0.25, 0.3) is 5.91 Å². The molecule has 2 amide bonds. The Morgan fingerprint density at radius 2 is 2.00 bits per heavy atom. The summed E-state index contributed by atoms with van der Waals surface area (Å²) in [5.41, 5.74) is -0.827. The third kappa shape index (κ3) is 4.62. The van der Waals surface area contributed by atoms with E-state index in [4.69, 9.17) is 0 Å². The number of aliphatic hydroxyl groups is 1. The fraction of sp³-hybridized carbons (Fsp3) is 0.429. The highest BCUT2D eigenvalue weighted by atomic mass is 19.1. The van der Waals surface area contributed by atoms with Crippen LogP contribution in [0.1, 0.15) is 31.1 Å². The fourth-order valence-electron chi connectivity index (χ4n) is 1.82. The Labute approximate surface area is 117 Å². The minimum absolute atomic E-state index is 0.0417. The molecule has 0 heterocycles. The van der Waals surface area contributed by atoms with Gasteiger partial charge in [-0.15, -0.1) is 0 Å². The topological polar surface area (TPSA) is 69.6 Å². The number of hydrogen-bond donors (Lipinski definition) is 2. The Morgan fingerprint density at radius 3 is 2.50 bits per heavy atom. The summed E-state index contributed by atoms with van der Waals surface area (Å²) in [6, 6.07) is 3.74. The molecule has 1 aromatic carbocycles. The Hall–Kier alpha value is -1.95. The van der Waals surface area contributed by atoms with Gasteiger partial charge in [0.1, 0.15) is 5.82 Å². The van der Waals surface area contributed by atoms with E-state index in [2.05, 4.69) is 5.32 Å². The van der Waals surface area contributed by atoms with Crippen LogP contribution >= 0.6 is 0 Å². The van der Waals surface area contributed by atoms with Crippen molar-refractivity contribution in [3.8, 4) is 0 Å². The van der Waals surface area contributed by atoms with Gasteiger partial charge >= 0.3 is 0 Å². The van der Waals surface area contributed by atoms with Crippen LogP contribution < -0.4 is 5.32 Å². The lowest BCUT2D eigenvalue weighted by Crippen LogP contribution is -2.39. The molecule has 0 radical (unpaired) electrons. The van der Waals surface area contributed by atoms with Crippen LogP contribution in [0.3, 0.4) is 0 Å². The van der Waals surface area contributed by atoms with E-state index in [9.17, 15) is 19.1 Å². The number of amides is 2. The standard InChI is InChI=1S/C14H19FN2O3/c1-9(18)16-12-7-10(5-6-11(12)15)13(19)17(4)8-14(2,3)20/h5-7,20H,8H2,1-4H3,(H,16,18). The van der Waals surface area contributed by atoms with Crippen molar-refractivity contribution >= 4 is 17.5 Å². The van der Waals surface area contributed by atoms with Crippen LogP contribution in [0.4, 0.5) is 10.1 Å². The molecule has 5 nitrogen and oxygen atoms in total. The first-order valence-electron chi connectivity index (χ1n) is 6.15. The Balaban J connectivity index is 2.96. The molecule has 2 N–H and O–H groups in total. The number of anilines is 1. The number of halogens is 1. The molecular formula is C14H19FN2O3. The molecule has 0 saturated heterocycles. The summed E-state index contributed by atoms with van der Waals surface area (Å²) in [5.74, 6) is -1.39. The van der Waals surface area contributed by atoms with Crippen molar-refractivity contribution in [3.63, 3.8) is 0 Å². The Kier molecular flexibility index (Phi) is 4.83. The van der Waals surface area contributed by atoms with E-state index < -0.39 is 17.3 Å². The number of nitrogens with one attached hydrogen (secondary N) is 1. The summed E-state index contributed by atoms with van der Waals surface area (Å²) >= 11 is 0. The zero-order valence-electron chi connectivity index (χ0n) is 12.0. The van der Waals surface area contributed by atoms with Gasteiger partial charge in [-0.05, 0) is 32.0 Å². The highest BCUT2D eigenvalue weighted by Crippen LogP contribution is 2.18. The summed E-state index contributed by atoms with van der Waals surface area (Å²) in [4.78, 5) is 24.5. The van der Waals surface area contributed by atoms with Crippen LogP contribution in [0.15, 0.2) is 18.2 Å². The smallest absolute Gasteiger partial charge is 0.253 e. The number of likely N-dealkylation sites (N-methyl/N-ethyl adjacent to an activating group) is 1. The second kappa shape index (κ2) is 6.00. The molecule has 1 aromatic rings. The number of carbonyl (C=O) groups excluding carboxylic acids is 2. The molecule has 0 spiro atoms. The number of rotatable bonds is 4. The minimum atomic E-state index is -1.02. The van der Waals surface area contributed by atoms with Gasteiger partial charge in [-0.3, -0.25) is 9.59 Å². The minimum Gasteiger partial charge on any atom is -0.389 e. The lowest BCUT2D eigenvalue weighted by atomic mass is 10.1. The maximum atomic E-state index is 13.5. The van der Waals surface area contributed by atoms with Gasteiger partial charge in [-0.25, -0.2) is 4.39 Å². The maximum absolute atomic E-state index is 13.5. The van der Waals surface area contributed by atoms with E-state index in [1.807, 2.05) is 0 Å². The van der Waals surface area contributed by atoms with Crippen molar-refractivity contribution in [1.29, 1.82) is 0 Å². The van der Waals surface area contributed by atoms with Gasteiger partial charge in [0.2, 0.25) is 5.91 Å². The second-order valence-electron chi connectivity index (χ2n) is 5.35. The zero-order chi connectivity index (χ0) is 15.5. The summed E-state index contributed by atoms with van der Waals surface area (Å²) in [5, 5.41) is 12.0. The predicted molar refractivity (Wildman–Crippen MR) is 74.0 cm³/mol. The van der Waals surface area contributed by atoms with Gasteiger partial charge in [-0.1, -0.05) is 0 Å². The molecule has 0 aliphatic rings. The average Bonchev–Trinajstić information content (AvgIpc) is 2.28. The molecule has 1 rings (SSSR count). The van der Waals surface area contributed by atoms with E-state index in [0.717, 1.165) is 6.07 Å². The highest BCUT2D eigenvalue weighted by Gasteiger charge is 2.21. The molecule has 0 fully saturated rings. The SMILES string of the molecule is CC(=O)Nc1cc(C(=O)N(C)CC(C)(C)O)ccc1F. The second-order valence-corrected chi connectivity index (χ2v) is 5.35. The van der Waals surface area contributed by atoms with Gasteiger partial charge in [0, 0.05) is 26.1 Å². The lowest BCUT2D eigenvalue weighted by Gasteiger charge is -2.25. The summed E-state index contributed by atoms with van der Waals surface area (Å²) in [6.07, 6.45) is 0. The van der Waals surface area contributed by atoms with Crippen LogP contribution in [0, 0.1) is 5.82 Å². The number of carbonyl (C=O) groups is 2. The lowest BCUT2D eigenvalue weighted by molar-refractivity contribution is -0.114. The zero-order valence-corrected chi connectivity index (χ0v) is 12.0. The van der Waals surface area contributed by atoms with E-state index in [-0.39, 0.29) is 23.7 Å². The van der Waals surface area contributed by atoms with Crippen molar-refractivity contribution in [2.24, 2.45) is 0 Å². The molecule has 0 saturated carbocycles. The Morgan fingerprint density at radius 1 is 1.40 bits per heavy atom. The summed E-state index contributed by atoms with van der Waals surface area (Å²) in [7, 11) is 1.54. The highest BCUT2D eigenvalue weighted by molar-refractivity contribution is 5.96. The van der Waals surface area contributed by atoms with Crippen LogP contribution in [0.2, 0.25) is 0 Å². The number of benzene rings is 1. The Bertz CT molecular complexity index is 524. The van der Waals surface area contributed by atoms with Crippen LogP contribution in [-0.4, -0.2) is 41.0 Å². The van der Waals surface area contributed by atoms with Gasteiger partial charge < -0.3 is 15.3 Å². The molecule has 0 unspecified atom stereocenters. The van der Waals surface area contributed by atoms with E-state index >= 15 is 0 Å². The normalized spacial score (nSPS) is 11.1. The monoisotopic (exact) mass is 282 g/mol. The third-order valence-corrected chi connectivity index (χ3v) is 2.49. The van der Waals surface area contributed by atoms with Crippen LogP contribution in [-0.2, 0) is 4.79 Å². The summed E-state index contributed by atoms with van der Waals surface area (Å²) < 4.78 is 13.5. The molecule has 0 aliphatic heterocycles. The van der Waals surface area contributed by atoms with Crippen molar-refractivity contribution in [3.05, 3.63) is 29.6 Å². The fourth-order valence-corrected chi connectivity index (χ4v) is 1.82. The molecular weight excluding hydrogens is 263 g/mol. The van der Waals surface area contributed by atoms with Gasteiger partial charge in [-0.2, -0.15) is 0 Å². The van der Waals surface area contributed by atoms with Crippen molar-refractivity contribution in [2.45, 2.75) is 26.4 Å². The first kappa shape index (κ1) is 16.1. The average molecular weight is 282 g/mol. The van der Waals surface area contributed by atoms with E-state index in [1.54, 1.807) is 20.9 Å². The maximum Gasteiger partial charge on any atom is 0.253 e. The third-order valence-electron chi connectivity index (χ3n) is 2.49. The largest absolute Gasteiger partial charge is 0.389 e. The molecule has 20 heavy (non-hydrogen) atoms. The van der Waals surface area contributed by atoms with E-state index in [0.29, 0.717) is 0 Å².